The summed E-state index contributed by atoms with van der Waals surface area (Å²) >= 11 is 0. The highest BCUT2D eigenvalue weighted by atomic mass is 19.1. The molecule has 1 rings (SSSR count). The number of hydrogen-bond acceptors (Lipinski definition) is 3. The highest BCUT2D eigenvalue weighted by Crippen LogP contribution is 2.44. The molecule has 0 aromatic heterocycles. The summed E-state index contributed by atoms with van der Waals surface area (Å²) in [6.45, 7) is 26.2. The number of aliphatic imine (C=N–C) groups is 1. The van der Waals surface area contributed by atoms with Gasteiger partial charge in [-0.1, -0.05) is 37.3 Å². The van der Waals surface area contributed by atoms with Crippen molar-refractivity contribution in [1.82, 2.24) is 4.90 Å². The van der Waals surface area contributed by atoms with Crippen LogP contribution in [0.4, 0.5) is 10.1 Å². The highest BCUT2D eigenvalue weighted by molar-refractivity contribution is 5.92. The van der Waals surface area contributed by atoms with E-state index in [1.165, 1.54) is 0 Å². The summed E-state index contributed by atoms with van der Waals surface area (Å²) in [6, 6.07) is 0. The summed E-state index contributed by atoms with van der Waals surface area (Å²) < 4.78 is 16.5. The van der Waals surface area contributed by atoms with Crippen molar-refractivity contribution in [1.29, 1.82) is 0 Å². The zero-order valence-corrected chi connectivity index (χ0v) is 23.1. The topological polar surface area (TPSA) is 35.8 Å². The van der Waals surface area contributed by atoms with Gasteiger partial charge in [0.2, 0.25) is 0 Å². The van der Waals surface area contributed by atoms with Crippen LogP contribution in [0, 0.1) is 5.82 Å². The van der Waals surface area contributed by atoms with E-state index in [1.807, 2.05) is 46.7 Å². The molecule has 0 saturated heterocycles. The van der Waals surface area contributed by atoms with Gasteiger partial charge in [-0.25, -0.2) is 4.39 Å². The first-order valence-corrected chi connectivity index (χ1v) is 11.8. The zero-order chi connectivity index (χ0) is 26.5. The van der Waals surface area contributed by atoms with Gasteiger partial charge in [-0.3, -0.25) is 4.99 Å². The third-order valence-electron chi connectivity index (χ3n) is 6.44. The summed E-state index contributed by atoms with van der Waals surface area (Å²) in [7, 11) is 3.71. The number of allylic oxidation sites excluding steroid dienone is 7. The summed E-state index contributed by atoms with van der Waals surface area (Å²) in [5.41, 5.74) is 9.76. The summed E-state index contributed by atoms with van der Waals surface area (Å²) in [4.78, 5) is 6.41. The first kappa shape index (κ1) is 29.3. The van der Waals surface area contributed by atoms with Crippen LogP contribution in [0.15, 0.2) is 52.1 Å². The van der Waals surface area contributed by atoms with Crippen molar-refractivity contribution in [2.45, 2.75) is 75.3 Å². The quantitative estimate of drug-likeness (QED) is 0.294. The van der Waals surface area contributed by atoms with Crippen LogP contribution >= 0.6 is 0 Å². The minimum Gasteiger partial charge on any atom is -0.392 e. The Labute approximate surface area is 206 Å². The number of hydrogen-bond donors (Lipinski definition) is 1. The lowest BCUT2D eigenvalue weighted by atomic mass is 9.81. The molecular weight excluding hydrogens is 423 g/mol. The summed E-state index contributed by atoms with van der Waals surface area (Å²) in [5, 5.41) is 10.5. The van der Waals surface area contributed by atoms with E-state index < -0.39 is 5.82 Å². The first-order valence-electron chi connectivity index (χ1n) is 11.8. The van der Waals surface area contributed by atoms with Crippen molar-refractivity contribution < 1.29 is 9.50 Å². The molecule has 0 aliphatic rings. The predicted molar refractivity (Wildman–Crippen MR) is 148 cm³/mol. The second-order valence-corrected chi connectivity index (χ2v) is 9.36. The van der Waals surface area contributed by atoms with E-state index in [0.717, 1.165) is 33.4 Å². The second kappa shape index (κ2) is 12.1. The smallest absolute Gasteiger partial charge is 0.157 e. The van der Waals surface area contributed by atoms with Crippen LogP contribution in [-0.2, 0) is 13.0 Å². The van der Waals surface area contributed by atoms with E-state index in [-0.39, 0.29) is 12.3 Å². The van der Waals surface area contributed by atoms with Gasteiger partial charge in [0.25, 0.3) is 0 Å². The van der Waals surface area contributed by atoms with E-state index in [1.54, 1.807) is 0 Å². The van der Waals surface area contributed by atoms with E-state index in [9.17, 15) is 5.11 Å². The van der Waals surface area contributed by atoms with Gasteiger partial charge in [-0.05, 0) is 95.2 Å². The molecule has 1 aromatic carbocycles. The molecular formula is C30H43FN2O. The molecule has 0 fully saturated rings. The Morgan fingerprint density at radius 1 is 0.971 bits per heavy atom. The number of nitrogens with zero attached hydrogens (tertiary/aromatic N) is 2. The SMILES string of the molecule is C=C(/C(C(C)=C(C)C)=C(C)\C(C)=C/C)c1c(F)c(N=C(C)C)c(C(=C)N(C)C)c(CO)c1CC. The fraction of sp³-hybridized carbons (Fsp3) is 0.433. The van der Waals surface area contributed by atoms with Gasteiger partial charge in [0.1, 0.15) is 5.69 Å². The molecule has 4 heteroatoms. The second-order valence-electron chi connectivity index (χ2n) is 9.36. The molecule has 3 nitrogen and oxygen atoms in total. The molecule has 0 radical (unpaired) electrons. The molecule has 0 amide bonds. The maximum atomic E-state index is 16.5. The largest absolute Gasteiger partial charge is 0.392 e. The first-order chi connectivity index (χ1) is 15.8. The van der Waals surface area contributed by atoms with Crippen LogP contribution in [0.5, 0.6) is 0 Å². The Bertz CT molecular complexity index is 1100. The van der Waals surface area contributed by atoms with Gasteiger partial charge in [0, 0.05) is 36.6 Å². The average Bonchev–Trinajstić information content (AvgIpc) is 2.77. The molecule has 1 N–H and O–H groups in total. The van der Waals surface area contributed by atoms with Crippen LogP contribution in [-0.4, -0.2) is 29.8 Å². The van der Waals surface area contributed by atoms with Crippen molar-refractivity contribution >= 4 is 22.7 Å². The molecule has 34 heavy (non-hydrogen) atoms. The fourth-order valence-corrected chi connectivity index (χ4v) is 4.07. The highest BCUT2D eigenvalue weighted by Gasteiger charge is 2.28. The Hall–Kier alpha value is -2.72. The zero-order valence-electron chi connectivity index (χ0n) is 23.1. The molecule has 0 unspecified atom stereocenters. The molecule has 0 spiro atoms. The van der Waals surface area contributed by atoms with Gasteiger partial charge in [-0.2, -0.15) is 0 Å². The lowest BCUT2D eigenvalue weighted by Crippen LogP contribution is -2.15. The third kappa shape index (κ3) is 5.85. The molecule has 0 heterocycles. The Morgan fingerprint density at radius 3 is 1.91 bits per heavy atom. The summed E-state index contributed by atoms with van der Waals surface area (Å²) in [5.74, 6) is -0.428. The Morgan fingerprint density at radius 2 is 1.53 bits per heavy atom. The van der Waals surface area contributed by atoms with Crippen LogP contribution in [0.25, 0.3) is 11.3 Å². The Balaban J connectivity index is 4.37. The van der Waals surface area contributed by atoms with Crippen molar-refractivity contribution in [2.75, 3.05) is 14.1 Å². The standard InChI is InChI=1S/C30H43FN2O/c1-14-19(7)21(9)26(20(8)17(3)4)22(10)27-24(15-2)25(16-34)28(23(11)33(12)13)30(29(27)31)32-18(5)6/h14,34H,10-11,15-16H2,1-9,12-13H3/b19-14-,26-21-. The number of benzene rings is 1. The lowest BCUT2D eigenvalue weighted by molar-refractivity contribution is 0.280. The van der Waals surface area contributed by atoms with Crippen molar-refractivity contribution in [2.24, 2.45) is 4.99 Å². The maximum absolute atomic E-state index is 16.5. The molecule has 0 aliphatic heterocycles. The normalized spacial score (nSPS) is 12.2. The molecule has 1 aromatic rings. The van der Waals surface area contributed by atoms with Crippen molar-refractivity contribution in [3.63, 3.8) is 0 Å². The van der Waals surface area contributed by atoms with E-state index in [0.29, 0.717) is 40.1 Å². The fourth-order valence-electron chi connectivity index (χ4n) is 4.07. The van der Waals surface area contributed by atoms with Gasteiger partial charge >= 0.3 is 0 Å². The van der Waals surface area contributed by atoms with E-state index in [2.05, 4.69) is 58.8 Å². The van der Waals surface area contributed by atoms with Gasteiger partial charge in [0.05, 0.1) is 6.61 Å². The minimum atomic E-state index is -0.428. The van der Waals surface area contributed by atoms with Crippen LogP contribution in [0.2, 0.25) is 0 Å². The summed E-state index contributed by atoms with van der Waals surface area (Å²) in [6.07, 6.45) is 2.59. The number of aliphatic hydroxyl groups excluding tert-OH is 1. The van der Waals surface area contributed by atoms with E-state index >= 15 is 4.39 Å². The molecule has 186 valence electrons. The number of aliphatic hydroxyl groups is 1. The predicted octanol–water partition coefficient (Wildman–Crippen LogP) is 8.18. The third-order valence-corrected chi connectivity index (χ3v) is 6.44. The number of halogens is 1. The van der Waals surface area contributed by atoms with Crippen molar-refractivity contribution in [3.05, 3.63) is 75.2 Å². The maximum Gasteiger partial charge on any atom is 0.157 e. The van der Waals surface area contributed by atoms with Gasteiger partial charge in [0.15, 0.2) is 5.82 Å². The van der Waals surface area contributed by atoms with Crippen LogP contribution < -0.4 is 0 Å². The van der Waals surface area contributed by atoms with Crippen molar-refractivity contribution in [3.8, 4) is 0 Å². The minimum absolute atomic E-state index is 0.200. The lowest BCUT2D eigenvalue weighted by Gasteiger charge is -2.27. The van der Waals surface area contributed by atoms with Crippen LogP contribution in [0.3, 0.4) is 0 Å². The van der Waals surface area contributed by atoms with Gasteiger partial charge < -0.3 is 10.0 Å². The molecule has 0 aliphatic carbocycles. The van der Waals surface area contributed by atoms with Gasteiger partial charge in [-0.15, -0.1) is 0 Å². The average molecular weight is 467 g/mol. The monoisotopic (exact) mass is 466 g/mol. The van der Waals surface area contributed by atoms with Crippen LogP contribution in [0.1, 0.15) is 84.6 Å². The van der Waals surface area contributed by atoms with E-state index in [4.69, 9.17) is 0 Å². The molecule has 0 bridgehead atoms. The molecule has 0 atom stereocenters. The Kier molecular flexibility index (Phi) is 10.4. The number of rotatable bonds is 9. The molecule has 0 saturated carbocycles.